The van der Waals surface area contributed by atoms with E-state index in [1.54, 1.807) is 0 Å². The van der Waals surface area contributed by atoms with Gasteiger partial charge in [-0.25, -0.2) is 0 Å². The second-order valence-electron chi connectivity index (χ2n) is 5.04. The first-order valence-corrected chi connectivity index (χ1v) is 6.85. The van der Waals surface area contributed by atoms with E-state index in [2.05, 4.69) is 37.3 Å². The molecule has 4 nitrogen and oxygen atoms in total. The highest BCUT2D eigenvalue weighted by Crippen LogP contribution is 2.16. The highest BCUT2D eigenvalue weighted by atomic mass is 16.5. The number of aromatic nitrogens is 2. The number of nitrogens with one attached hydrogen (secondary N) is 1. The summed E-state index contributed by atoms with van der Waals surface area (Å²) in [7, 11) is 4.01. The van der Waals surface area contributed by atoms with Gasteiger partial charge in [0.05, 0.1) is 6.10 Å². The lowest BCUT2D eigenvalue weighted by atomic mass is 9.95. The van der Waals surface area contributed by atoms with Gasteiger partial charge in [0.15, 0.2) is 0 Å². The third-order valence-corrected chi connectivity index (χ3v) is 3.42. The van der Waals surface area contributed by atoms with Crippen LogP contribution in [0.4, 0.5) is 0 Å². The molecule has 0 aliphatic heterocycles. The highest BCUT2D eigenvalue weighted by molar-refractivity contribution is 5.00. The standard InChI is InChI=1S/C14H27N3O/c1-6-18-14(11(2)3)13(15-4)8-7-12-9-10-16-17(12)5/h9-11,13-15H,6-8H2,1-5H3. The van der Waals surface area contributed by atoms with Crippen LogP contribution in [-0.2, 0) is 18.2 Å². The Morgan fingerprint density at radius 1 is 1.44 bits per heavy atom. The summed E-state index contributed by atoms with van der Waals surface area (Å²) in [6, 6.07) is 2.47. The van der Waals surface area contributed by atoms with E-state index < -0.39 is 0 Å². The minimum atomic E-state index is 0.272. The second-order valence-corrected chi connectivity index (χ2v) is 5.04. The summed E-state index contributed by atoms with van der Waals surface area (Å²) >= 11 is 0. The molecule has 0 fully saturated rings. The molecular formula is C14H27N3O. The fraction of sp³-hybridized carbons (Fsp3) is 0.786. The number of aryl methyl sites for hydroxylation is 2. The summed E-state index contributed by atoms with van der Waals surface area (Å²) in [6.45, 7) is 7.26. The summed E-state index contributed by atoms with van der Waals surface area (Å²) in [4.78, 5) is 0. The number of ether oxygens (including phenoxy) is 1. The predicted octanol–water partition coefficient (Wildman–Crippen LogP) is 2.00. The fourth-order valence-electron chi connectivity index (χ4n) is 2.39. The molecule has 0 radical (unpaired) electrons. The van der Waals surface area contributed by atoms with Gasteiger partial charge in [-0.3, -0.25) is 4.68 Å². The smallest absolute Gasteiger partial charge is 0.0750 e. The van der Waals surface area contributed by atoms with Crippen LogP contribution in [0.5, 0.6) is 0 Å². The number of nitrogens with zero attached hydrogens (tertiary/aromatic N) is 2. The minimum Gasteiger partial charge on any atom is -0.377 e. The molecule has 0 spiro atoms. The number of rotatable bonds is 8. The largest absolute Gasteiger partial charge is 0.377 e. The van der Waals surface area contributed by atoms with E-state index in [-0.39, 0.29) is 6.10 Å². The van der Waals surface area contributed by atoms with Crippen molar-refractivity contribution in [3.05, 3.63) is 18.0 Å². The second kappa shape index (κ2) is 7.54. The third-order valence-electron chi connectivity index (χ3n) is 3.42. The van der Waals surface area contributed by atoms with Crippen molar-refractivity contribution in [2.45, 2.75) is 45.8 Å². The van der Waals surface area contributed by atoms with Crippen LogP contribution in [0.1, 0.15) is 32.9 Å². The van der Waals surface area contributed by atoms with Gasteiger partial charge in [-0.15, -0.1) is 0 Å². The zero-order chi connectivity index (χ0) is 13.5. The molecule has 2 unspecified atom stereocenters. The SMILES string of the molecule is CCOC(C(C)C)C(CCc1ccnn1C)NC. The average Bonchev–Trinajstić information content (AvgIpc) is 2.74. The van der Waals surface area contributed by atoms with Gasteiger partial charge in [-0.1, -0.05) is 13.8 Å². The molecule has 18 heavy (non-hydrogen) atoms. The van der Waals surface area contributed by atoms with Crippen molar-refractivity contribution in [3.63, 3.8) is 0 Å². The van der Waals surface area contributed by atoms with E-state index in [9.17, 15) is 0 Å². The number of hydrogen-bond donors (Lipinski definition) is 1. The summed E-state index contributed by atoms with van der Waals surface area (Å²) in [6.07, 6.45) is 4.22. The van der Waals surface area contributed by atoms with Gasteiger partial charge in [0.1, 0.15) is 0 Å². The Bertz CT molecular complexity index is 336. The highest BCUT2D eigenvalue weighted by Gasteiger charge is 2.23. The van der Waals surface area contributed by atoms with Crippen LogP contribution in [-0.4, -0.2) is 35.6 Å². The molecule has 0 bridgehead atoms. The first kappa shape index (κ1) is 15.2. The van der Waals surface area contributed by atoms with Crippen molar-refractivity contribution in [2.75, 3.05) is 13.7 Å². The van der Waals surface area contributed by atoms with Gasteiger partial charge in [-0.2, -0.15) is 5.10 Å². The molecular weight excluding hydrogens is 226 g/mol. The van der Waals surface area contributed by atoms with Crippen molar-refractivity contribution in [1.82, 2.24) is 15.1 Å². The normalized spacial score (nSPS) is 15.0. The fourth-order valence-corrected chi connectivity index (χ4v) is 2.39. The maximum absolute atomic E-state index is 5.87. The zero-order valence-corrected chi connectivity index (χ0v) is 12.3. The van der Waals surface area contributed by atoms with Crippen LogP contribution >= 0.6 is 0 Å². The van der Waals surface area contributed by atoms with E-state index in [1.165, 1.54) is 5.69 Å². The van der Waals surface area contributed by atoms with E-state index in [1.807, 2.05) is 25.0 Å². The molecule has 1 aromatic heterocycles. The lowest BCUT2D eigenvalue weighted by molar-refractivity contribution is 0.00327. The minimum absolute atomic E-state index is 0.272. The summed E-state index contributed by atoms with van der Waals surface area (Å²) in [5.41, 5.74) is 1.27. The monoisotopic (exact) mass is 253 g/mol. The summed E-state index contributed by atoms with van der Waals surface area (Å²) in [5, 5.41) is 7.60. The van der Waals surface area contributed by atoms with Crippen LogP contribution in [0, 0.1) is 5.92 Å². The molecule has 0 amide bonds. The van der Waals surface area contributed by atoms with Crippen molar-refractivity contribution >= 4 is 0 Å². The van der Waals surface area contributed by atoms with Crippen molar-refractivity contribution < 1.29 is 4.74 Å². The van der Waals surface area contributed by atoms with Crippen LogP contribution in [0.2, 0.25) is 0 Å². The zero-order valence-electron chi connectivity index (χ0n) is 12.3. The van der Waals surface area contributed by atoms with E-state index in [0.29, 0.717) is 12.0 Å². The van der Waals surface area contributed by atoms with Gasteiger partial charge in [0.25, 0.3) is 0 Å². The van der Waals surface area contributed by atoms with Gasteiger partial charge in [0.2, 0.25) is 0 Å². The van der Waals surface area contributed by atoms with Crippen LogP contribution in [0.15, 0.2) is 12.3 Å². The summed E-state index contributed by atoms with van der Waals surface area (Å²) < 4.78 is 7.81. The lowest BCUT2D eigenvalue weighted by Crippen LogP contribution is -2.43. The molecule has 0 saturated carbocycles. The Morgan fingerprint density at radius 2 is 2.17 bits per heavy atom. The molecule has 0 aliphatic rings. The number of likely N-dealkylation sites (N-methyl/N-ethyl adjacent to an activating group) is 1. The predicted molar refractivity (Wildman–Crippen MR) is 74.6 cm³/mol. The van der Waals surface area contributed by atoms with Crippen LogP contribution in [0.3, 0.4) is 0 Å². The Balaban J connectivity index is 2.57. The molecule has 1 N–H and O–H groups in total. The summed E-state index contributed by atoms with van der Waals surface area (Å²) in [5.74, 6) is 0.522. The maximum atomic E-state index is 5.87. The Hall–Kier alpha value is -0.870. The van der Waals surface area contributed by atoms with Gasteiger partial charge in [-0.05, 0) is 38.8 Å². The van der Waals surface area contributed by atoms with E-state index >= 15 is 0 Å². The molecule has 0 saturated heterocycles. The molecule has 104 valence electrons. The Morgan fingerprint density at radius 3 is 2.61 bits per heavy atom. The van der Waals surface area contributed by atoms with Gasteiger partial charge < -0.3 is 10.1 Å². The van der Waals surface area contributed by atoms with Crippen LogP contribution < -0.4 is 5.32 Å². The molecule has 1 heterocycles. The molecule has 1 aromatic rings. The average molecular weight is 253 g/mol. The Kier molecular flexibility index (Phi) is 6.36. The van der Waals surface area contributed by atoms with Crippen molar-refractivity contribution in [1.29, 1.82) is 0 Å². The first-order valence-electron chi connectivity index (χ1n) is 6.85. The lowest BCUT2D eigenvalue weighted by Gasteiger charge is -2.29. The van der Waals surface area contributed by atoms with Crippen molar-refractivity contribution in [2.24, 2.45) is 13.0 Å². The van der Waals surface area contributed by atoms with Gasteiger partial charge in [0, 0.05) is 31.6 Å². The third kappa shape index (κ3) is 4.10. The molecule has 0 aliphatic carbocycles. The Labute approximate surface area is 111 Å². The molecule has 4 heteroatoms. The molecule has 1 rings (SSSR count). The van der Waals surface area contributed by atoms with Crippen LogP contribution in [0.25, 0.3) is 0 Å². The molecule has 2 atom stereocenters. The number of hydrogen-bond acceptors (Lipinski definition) is 3. The van der Waals surface area contributed by atoms with Crippen molar-refractivity contribution in [3.8, 4) is 0 Å². The molecule has 0 aromatic carbocycles. The van der Waals surface area contributed by atoms with E-state index in [0.717, 1.165) is 19.4 Å². The topological polar surface area (TPSA) is 39.1 Å². The van der Waals surface area contributed by atoms with E-state index in [4.69, 9.17) is 4.74 Å². The van der Waals surface area contributed by atoms with Gasteiger partial charge >= 0.3 is 0 Å². The quantitative estimate of drug-likeness (QED) is 0.770. The maximum Gasteiger partial charge on any atom is 0.0750 e. The first-order chi connectivity index (χ1) is 8.60.